The number of ether oxygens (including phenoxy) is 2. The molecule has 2 saturated heterocycles. The van der Waals surface area contributed by atoms with Gasteiger partial charge in [-0.1, -0.05) is 0 Å². The molecular weight excluding hydrogens is 216 g/mol. The lowest BCUT2D eigenvalue weighted by Gasteiger charge is -2.40. The van der Waals surface area contributed by atoms with Crippen LogP contribution in [0.2, 0.25) is 0 Å². The van der Waals surface area contributed by atoms with Crippen LogP contribution in [0, 0.1) is 11.8 Å². The lowest BCUT2D eigenvalue weighted by atomic mass is 9.92. The first kappa shape index (κ1) is 13.3. The van der Waals surface area contributed by atoms with Gasteiger partial charge in [0, 0.05) is 38.8 Å². The zero-order chi connectivity index (χ0) is 12.1. The van der Waals surface area contributed by atoms with Crippen LogP contribution in [0.4, 0.5) is 0 Å². The van der Waals surface area contributed by atoms with Crippen molar-refractivity contribution in [2.24, 2.45) is 17.6 Å². The fraction of sp³-hybridized carbons (Fsp3) is 1.00. The van der Waals surface area contributed by atoms with E-state index >= 15 is 0 Å². The third-order valence-electron chi connectivity index (χ3n) is 4.17. The van der Waals surface area contributed by atoms with E-state index in [-0.39, 0.29) is 0 Å². The van der Waals surface area contributed by atoms with Gasteiger partial charge in [-0.15, -0.1) is 0 Å². The molecule has 3 unspecified atom stereocenters. The van der Waals surface area contributed by atoms with Crippen molar-refractivity contribution in [1.82, 2.24) is 4.90 Å². The molecule has 2 aliphatic rings. The molecule has 0 aromatic heterocycles. The molecule has 2 aliphatic heterocycles. The summed E-state index contributed by atoms with van der Waals surface area (Å²) in [6, 6.07) is 0.511. The number of hydrogen-bond acceptors (Lipinski definition) is 4. The normalized spacial score (nSPS) is 32.8. The molecule has 0 saturated carbocycles. The molecule has 0 radical (unpaired) electrons. The van der Waals surface area contributed by atoms with E-state index in [1.54, 1.807) is 7.11 Å². The maximum absolute atomic E-state index is 5.97. The molecule has 0 amide bonds. The van der Waals surface area contributed by atoms with E-state index in [1.165, 1.54) is 25.8 Å². The van der Waals surface area contributed by atoms with Crippen LogP contribution < -0.4 is 5.73 Å². The Hall–Kier alpha value is -0.160. The predicted octanol–water partition coefficient (Wildman–Crippen LogP) is 0.709. The van der Waals surface area contributed by atoms with Gasteiger partial charge in [0.1, 0.15) is 0 Å². The molecule has 4 heteroatoms. The molecule has 0 spiro atoms. The first-order valence-electron chi connectivity index (χ1n) is 6.86. The molecule has 17 heavy (non-hydrogen) atoms. The minimum absolute atomic E-state index is 0.511. The maximum Gasteiger partial charge on any atom is 0.0510 e. The topological polar surface area (TPSA) is 47.7 Å². The number of nitrogens with zero attached hydrogens (tertiary/aromatic N) is 1. The summed E-state index contributed by atoms with van der Waals surface area (Å²) in [6.07, 6.45) is 3.74. The SMILES string of the molecule is COCC1CCCN(C(CN)C2CCOC2)C1. The van der Waals surface area contributed by atoms with Gasteiger partial charge in [-0.3, -0.25) is 4.90 Å². The van der Waals surface area contributed by atoms with E-state index in [0.717, 1.165) is 32.9 Å². The van der Waals surface area contributed by atoms with Gasteiger partial charge in [0.2, 0.25) is 0 Å². The van der Waals surface area contributed by atoms with Crippen molar-refractivity contribution < 1.29 is 9.47 Å². The molecule has 2 heterocycles. The molecule has 0 aromatic rings. The van der Waals surface area contributed by atoms with Gasteiger partial charge in [0.05, 0.1) is 13.2 Å². The minimum atomic E-state index is 0.511. The van der Waals surface area contributed by atoms with Crippen LogP contribution in [0.1, 0.15) is 19.3 Å². The maximum atomic E-state index is 5.97. The predicted molar refractivity (Wildman–Crippen MR) is 67.9 cm³/mol. The third-order valence-corrected chi connectivity index (χ3v) is 4.17. The van der Waals surface area contributed by atoms with Crippen LogP contribution in [0.3, 0.4) is 0 Å². The second-order valence-corrected chi connectivity index (χ2v) is 5.39. The van der Waals surface area contributed by atoms with Crippen LogP contribution in [0.5, 0.6) is 0 Å². The lowest BCUT2D eigenvalue weighted by Crippen LogP contribution is -2.50. The largest absolute Gasteiger partial charge is 0.384 e. The zero-order valence-electron chi connectivity index (χ0n) is 10.9. The van der Waals surface area contributed by atoms with Crippen LogP contribution in [0.15, 0.2) is 0 Å². The molecule has 0 aliphatic carbocycles. The summed E-state index contributed by atoms with van der Waals surface area (Å²) in [5.41, 5.74) is 5.97. The first-order chi connectivity index (χ1) is 8.35. The highest BCUT2D eigenvalue weighted by atomic mass is 16.5. The molecule has 0 aromatic carbocycles. The van der Waals surface area contributed by atoms with E-state index in [1.807, 2.05) is 0 Å². The third kappa shape index (κ3) is 3.41. The summed E-state index contributed by atoms with van der Waals surface area (Å²) in [5.74, 6) is 1.33. The van der Waals surface area contributed by atoms with Crippen molar-refractivity contribution in [1.29, 1.82) is 0 Å². The number of hydrogen-bond donors (Lipinski definition) is 1. The standard InChI is InChI=1S/C13H26N2O2/c1-16-9-11-3-2-5-15(8-11)13(7-14)12-4-6-17-10-12/h11-13H,2-10,14H2,1H3. The highest BCUT2D eigenvalue weighted by molar-refractivity contribution is 4.86. The molecule has 2 N–H and O–H groups in total. The Labute approximate surface area is 104 Å². The van der Waals surface area contributed by atoms with Crippen molar-refractivity contribution in [2.75, 3.05) is 46.6 Å². The smallest absolute Gasteiger partial charge is 0.0510 e. The Morgan fingerprint density at radius 1 is 1.47 bits per heavy atom. The Balaban J connectivity index is 1.89. The van der Waals surface area contributed by atoms with Crippen molar-refractivity contribution in [3.8, 4) is 0 Å². The second kappa shape index (κ2) is 6.69. The molecule has 2 rings (SSSR count). The summed E-state index contributed by atoms with van der Waals surface area (Å²) in [6.45, 7) is 5.79. The summed E-state index contributed by atoms with van der Waals surface area (Å²) in [7, 11) is 1.80. The summed E-state index contributed by atoms with van der Waals surface area (Å²) >= 11 is 0. The van der Waals surface area contributed by atoms with E-state index in [2.05, 4.69) is 4.90 Å². The quantitative estimate of drug-likeness (QED) is 0.771. The van der Waals surface area contributed by atoms with Gasteiger partial charge < -0.3 is 15.2 Å². The summed E-state index contributed by atoms with van der Waals surface area (Å²) in [5, 5.41) is 0. The van der Waals surface area contributed by atoms with Crippen LogP contribution >= 0.6 is 0 Å². The van der Waals surface area contributed by atoms with Crippen molar-refractivity contribution in [3.63, 3.8) is 0 Å². The van der Waals surface area contributed by atoms with E-state index in [0.29, 0.717) is 17.9 Å². The Morgan fingerprint density at radius 3 is 3.00 bits per heavy atom. The second-order valence-electron chi connectivity index (χ2n) is 5.39. The summed E-state index contributed by atoms with van der Waals surface area (Å²) in [4.78, 5) is 2.58. The van der Waals surface area contributed by atoms with Gasteiger partial charge in [0.15, 0.2) is 0 Å². The molecule has 4 nitrogen and oxygen atoms in total. The van der Waals surface area contributed by atoms with Gasteiger partial charge in [-0.25, -0.2) is 0 Å². The number of methoxy groups -OCH3 is 1. The van der Waals surface area contributed by atoms with Crippen molar-refractivity contribution in [2.45, 2.75) is 25.3 Å². The molecule has 3 atom stereocenters. The zero-order valence-corrected chi connectivity index (χ0v) is 10.9. The van der Waals surface area contributed by atoms with Gasteiger partial charge in [-0.2, -0.15) is 0 Å². The van der Waals surface area contributed by atoms with Gasteiger partial charge in [-0.05, 0) is 31.7 Å². The Kier molecular flexibility index (Phi) is 5.22. The Morgan fingerprint density at radius 2 is 2.35 bits per heavy atom. The minimum Gasteiger partial charge on any atom is -0.384 e. The monoisotopic (exact) mass is 242 g/mol. The van der Waals surface area contributed by atoms with Crippen molar-refractivity contribution >= 4 is 0 Å². The Bertz CT molecular complexity index is 217. The molecule has 0 bridgehead atoms. The molecule has 2 fully saturated rings. The molecule has 100 valence electrons. The van der Waals surface area contributed by atoms with Gasteiger partial charge in [0.25, 0.3) is 0 Å². The molecular formula is C13H26N2O2. The van der Waals surface area contributed by atoms with Crippen LogP contribution in [-0.2, 0) is 9.47 Å². The van der Waals surface area contributed by atoms with Gasteiger partial charge >= 0.3 is 0 Å². The van der Waals surface area contributed by atoms with E-state index in [9.17, 15) is 0 Å². The number of piperidine rings is 1. The number of rotatable bonds is 5. The fourth-order valence-corrected chi connectivity index (χ4v) is 3.27. The highest BCUT2D eigenvalue weighted by Crippen LogP contribution is 2.25. The number of likely N-dealkylation sites (tertiary alicyclic amines) is 1. The van der Waals surface area contributed by atoms with E-state index < -0.39 is 0 Å². The summed E-state index contributed by atoms with van der Waals surface area (Å²) < 4.78 is 10.8. The average molecular weight is 242 g/mol. The van der Waals surface area contributed by atoms with Crippen LogP contribution in [-0.4, -0.2) is 57.5 Å². The fourth-order valence-electron chi connectivity index (χ4n) is 3.27. The number of nitrogens with two attached hydrogens (primary N) is 1. The average Bonchev–Trinajstić information content (AvgIpc) is 2.85. The highest BCUT2D eigenvalue weighted by Gasteiger charge is 2.32. The van der Waals surface area contributed by atoms with E-state index in [4.69, 9.17) is 15.2 Å². The first-order valence-corrected chi connectivity index (χ1v) is 6.86. The lowest BCUT2D eigenvalue weighted by molar-refractivity contribution is 0.0489. The van der Waals surface area contributed by atoms with Crippen LogP contribution in [0.25, 0.3) is 0 Å². The van der Waals surface area contributed by atoms with Crippen molar-refractivity contribution in [3.05, 3.63) is 0 Å².